The van der Waals surface area contributed by atoms with Crippen LogP contribution in [-0.2, 0) is 27.4 Å². The van der Waals surface area contributed by atoms with Gasteiger partial charge in [-0.05, 0) is 59.5 Å². The minimum Gasteiger partial charge on any atom is -0.487 e. The molecule has 0 fully saturated rings. The molecule has 1 heterocycles. The molecule has 0 radical (unpaired) electrons. The molecule has 0 spiro atoms. The highest BCUT2D eigenvalue weighted by Crippen LogP contribution is 2.19. The smallest absolute Gasteiger partial charge is 0.331 e. The van der Waals surface area contributed by atoms with E-state index in [1.54, 1.807) is 12.3 Å². The zero-order valence-corrected chi connectivity index (χ0v) is 19.7. The second kappa shape index (κ2) is 12.7. The maximum Gasteiger partial charge on any atom is 0.331 e. The molecular formula is C30H26N2O4. The Morgan fingerprint density at radius 2 is 1.58 bits per heavy atom. The summed E-state index contributed by atoms with van der Waals surface area (Å²) in [6.07, 6.45) is 5.32. The van der Waals surface area contributed by atoms with Gasteiger partial charge in [0.15, 0.2) is 6.61 Å². The van der Waals surface area contributed by atoms with E-state index in [1.165, 1.54) is 6.08 Å². The Labute approximate surface area is 210 Å². The molecule has 4 rings (SSSR count). The molecule has 1 N–H and O–H groups in total. The van der Waals surface area contributed by atoms with E-state index in [-0.39, 0.29) is 6.61 Å². The Balaban J connectivity index is 1.23. The topological polar surface area (TPSA) is 77.5 Å². The van der Waals surface area contributed by atoms with Crippen LogP contribution in [0.5, 0.6) is 5.75 Å². The maximum atomic E-state index is 12.4. The molecule has 0 unspecified atom stereocenters. The van der Waals surface area contributed by atoms with Crippen molar-refractivity contribution in [1.82, 2.24) is 4.98 Å². The normalized spacial score (nSPS) is 10.7. The number of benzene rings is 3. The number of esters is 1. The molecule has 4 aromatic rings. The lowest BCUT2D eigenvalue weighted by Gasteiger charge is -2.11. The quantitative estimate of drug-likeness (QED) is 0.242. The Morgan fingerprint density at radius 1 is 0.833 bits per heavy atom. The first-order valence-electron chi connectivity index (χ1n) is 11.5. The molecule has 6 heteroatoms. The average Bonchev–Trinajstić information content (AvgIpc) is 2.92. The lowest BCUT2D eigenvalue weighted by atomic mass is 10.0. The number of aromatic nitrogens is 1. The van der Waals surface area contributed by atoms with Crippen molar-refractivity contribution in [1.29, 1.82) is 0 Å². The van der Waals surface area contributed by atoms with Crippen molar-refractivity contribution in [2.75, 3.05) is 11.9 Å². The van der Waals surface area contributed by atoms with Crippen LogP contribution in [-0.4, -0.2) is 23.5 Å². The highest BCUT2D eigenvalue weighted by Gasteiger charge is 2.09. The van der Waals surface area contributed by atoms with E-state index >= 15 is 0 Å². The first kappa shape index (κ1) is 24.4. The number of carbonyl (C=O) groups is 2. The SMILES string of the molecule is O=C(COC(=O)C=Cc1ccc(OCc2ccccn2)cc1)Nc1ccccc1Cc1ccccc1. The number of nitrogens with one attached hydrogen (secondary N) is 1. The fourth-order valence-corrected chi connectivity index (χ4v) is 3.46. The maximum absolute atomic E-state index is 12.4. The summed E-state index contributed by atoms with van der Waals surface area (Å²) < 4.78 is 10.8. The fourth-order valence-electron chi connectivity index (χ4n) is 3.46. The summed E-state index contributed by atoms with van der Waals surface area (Å²) in [7, 11) is 0. The highest BCUT2D eigenvalue weighted by atomic mass is 16.5. The number of pyridine rings is 1. The van der Waals surface area contributed by atoms with Crippen LogP contribution in [0.2, 0.25) is 0 Å². The van der Waals surface area contributed by atoms with E-state index in [0.29, 0.717) is 24.5 Å². The molecule has 0 saturated heterocycles. The first-order chi connectivity index (χ1) is 17.7. The van der Waals surface area contributed by atoms with Crippen LogP contribution in [0.15, 0.2) is 109 Å². The summed E-state index contributed by atoms with van der Waals surface area (Å²) in [6.45, 7) is 0.00426. The number of hydrogen-bond acceptors (Lipinski definition) is 5. The van der Waals surface area contributed by atoms with Crippen molar-refractivity contribution >= 4 is 23.6 Å². The molecule has 1 aromatic heterocycles. The largest absolute Gasteiger partial charge is 0.487 e. The van der Waals surface area contributed by atoms with Crippen LogP contribution < -0.4 is 10.1 Å². The van der Waals surface area contributed by atoms with Crippen LogP contribution in [0, 0.1) is 0 Å². The van der Waals surface area contributed by atoms with E-state index in [2.05, 4.69) is 10.3 Å². The summed E-state index contributed by atoms with van der Waals surface area (Å²) in [6, 6.07) is 30.5. The van der Waals surface area contributed by atoms with Gasteiger partial charge in [0.2, 0.25) is 0 Å². The molecule has 0 aliphatic rings. The van der Waals surface area contributed by atoms with Gasteiger partial charge in [0.1, 0.15) is 12.4 Å². The minimum absolute atomic E-state index is 0.372. The molecule has 36 heavy (non-hydrogen) atoms. The van der Waals surface area contributed by atoms with E-state index in [0.717, 1.165) is 22.4 Å². The number of anilines is 1. The zero-order chi connectivity index (χ0) is 25.0. The fraction of sp³-hybridized carbons (Fsp3) is 0.100. The van der Waals surface area contributed by atoms with E-state index in [9.17, 15) is 9.59 Å². The molecule has 180 valence electrons. The monoisotopic (exact) mass is 478 g/mol. The van der Waals surface area contributed by atoms with Crippen molar-refractivity contribution in [2.45, 2.75) is 13.0 Å². The molecule has 1 amide bonds. The van der Waals surface area contributed by atoms with E-state index in [4.69, 9.17) is 9.47 Å². The number of hydrogen-bond donors (Lipinski definition) is 1. The highest BCUT2D eigenvalue weighted by molar-refractivity contribution is 5.95. The van der Waals surface area contributed by atoms with Crippen LogP contribution in [0.25, 0.3) is 6.08 Å². The Kier molecular flexibility index (Phi) is 8.59. The number of rotatable bonds is 10. The molecule has 0 bridgehead atoms. The summed E-state index contributed by atoms with van der Waals surface area (Å²) in [5.74, 6) is -0.297. The summed E-state index contributed by atoms with van der Waals surface area (Å²) >= 11 is 0. The van der Waals surface area contributed by atoms with E-state index in [1.807, 2.05) is 97.1 Å². The average molecular weight is 479 g/mol. The number of amides is 1. The third kappa shape index (κ3) is 7.67. The Hall–Kier alpha value is -4.71. The first-order valence-corrected chi connectivity index (χ1v) is 11.5. The van der Waals surface area contributed by atoms with Crippen molar-refractivity contribution in [3.05, 3.63) is 132 Å². The lowest BCUT2D eigenvalue weighted by molar-refractivity contribution is -0.142. The molecule has 6 nitrogen and oxygen atoms in total. The molecule has 0 saturated carbocycles. The van der Waals surface area contributed by atoms with Gasteiger partial charge in [-0.25, -0.2) is 4.79 Å². The van der Waals surface area contributed by atoms with Crippen molar-refractivity contribution in [3.63, 3.8) is 0 Å². The second-order valence-electron chi connectivity index (χ2n) is 7.99. The minimum atomic E-state index is -0.599. The summed E-state index contributed by atoms with van der Waals surface area (Å²) in [4.78, 5) is 28.7. The van der Waals surface area contributed by atoms with Crippen LogP contribution >= 0.6 is 0 Å². The second-order valence-corrected chi connectivity index (χ2v) is 7.99. The number of para-hydroxylation sites is 1. The Morgan fingerprint density at radius 3 is 2.36 bits per heavy atom. The van der Waals surface area contributed by atoms with Crippen LogP contribution in [0.4, 0.5) is 5.69 Å². The predicted octanol–water partition coefficient (Wildman–Crippen LogP) is 5.45. The van der Waals surface area contributed by atoms with Gasteiger partial charge >= 0.3 is 5.97 Å². The van der Waals surface area contributed by atoms with Gasteiger partial charge in [-0.2, -0.15) is 0 Å². The predicted molar refractivity (Wildman–Crippen MR) is 139 cm³/mol. The molecular weight excluding hydrogens is 452 g/mol. The zero-order valence-electron chi connectivity index (χ0n) is 19.7. The molecule has 0 aliphatic heterocycles. The van der Waals surface area contributed by atoms with Gasteiger partial charge in [0, 0.05) is 18.0 Å². The van der Waals surface area contributed by atoms with Crippen molar-refractivity contribution in [2.24, 2.45) is 0 Å². The van der Waals surface area contributed by atoms with Crippen molar-refractivity contribution < 1.29 is 19.1 Å². The van der Waals surface area contributed by atoms with Gasteiger partial charge in [-0.15, -0.1) is 0 Å². The van der Waals surface area contributed by atoms with Gasteiger partial charge < -0.3 is 14.8 Å². The third-order valence-electron chi connectivity index (χ3n) is 5.28. The molecule has 0 aliphatic carbocycles. The standard InChI is InChI=1S/C30H26N2O4/c33-29(32-28-12-5-4-10-25(28)20-24-8-2-1-3-9-24)22-36-30(34)18-15-23-13-16-27(17-14-23)35-21-26-11-6-7-19-31-26/h1-19H,20-22H2,(H,32,33). The van der Waals surface area contributed by atoms with Gasteiger partial charge in [-0.1, -0.05) is 66.7 Å². The molecule has 0 atom stereocenters. The number of nitrogens with zero attached hydrogens (tertiary/aromatic N) is 1. The number of ether oxygens (including phenoxy) is 2. The van der Waals surface area contributed by atoms with E-state index < -0.39 is 11.9 Å². The van der Waals surface area contributed by atoms with Crippen molar-refractivity contribution in [3.8, 4) is 5.75 Å². The summed E-state index contributed by atoms with van der Waals surface area (Å²) in [5, 5.41) is 2.83. The third-order valence-corrected chi connectivity index (χ3v) is 5.28. The Bertz CT molecular complexity index is 1300. The van der Waals surface area contributed by atoms with Gasteiger partial charge in [0.25, 0.3) is 5.91 Å². The van der Waals surface area contributed by atoms with Gasteiger partial charge in [-0.3, -0.25) is 9.78 Å². The van der Waals surface area contributed by atoms with Crippen LogP contribution in [0.1, 0.15) is 22.4 Å². The lowest BCUT2D eigenvalue weighted by Crippen LogP contribution is -2.20. The van der Waals surface area contributed by atoms with Crippen LogP contribution in [0.3, 0.4) is 0 Å². The summed E-state index contributed by atoms with van der Waals surface area (Å²) in [5.41, 5.74) is 4.46. The number of carbonyl (C=O) groups excluding carboxylic acids is 2. The molecule has 3 aromatic carbocycles. The van der Waals surface area contributed by atoms with Gasteiger partial charge in [0.05, 0.1) is 5.69 Å².